The first-order chi connectivity index (χ1) is 27.3. The summed E-state index contributed by atoms with van der Waals surface area (Å²) in [4.78, 5) is 40.4. The van der Waals surface area contributed by atoms with Gasteiger partial charge in [-0.05, 0) is 59.3 Å². The van der Waals surface area contributed by atoms with Crippen LogP contribution in [0.15, 0.2) is 75.6 Å². The molecule has 2 aliphatic heterocycles. The molecule has 0 saturated carbocycles. The van der Waals surface area contributed by atoms with Gasteiger partial charge in [-0.3, -0.25) is 9.59 Å². The first-order valence-corrected chi connectivity index (χ1v) is 19.8. The van der Waals surface area contributed by atoms with Crippen molar-refractivity contribution in [3.63, 3.8) is 0 Å². The van der Waals surface area contributed by atoms with Crippen molar-refractivity contribution in [3.8, 4) is 0 Å². The van der Waals surface area contributed by atoms with E-state index in [9.17, 15) is 19.5 Å². The number of benzene rings is 2. The third-order valence-corrected chi connectivity index (χ3v) is 10.6. The maximum atomic E-state index is 14.0. The molecular weight excluding hydrogens is 806 g/mol. The van der Waals surface area contributed by atoms with Gasteiger partial charge in [0.2, 0.25) is 0 Å². The molecule has 14 nitrogen and oxygen atoms in total. The Morgan fingerprint density at radius 3 is 2.09 bits per heavy atom. The lowest BCUT2D eigenvalue weighted by Gasteiger charge is -2.45. The largest absolute Gasteiger partial charge is 0.461 e. The molecule has 2 saturated heterocycles. The van der Waals surface area contributed by atoms with E-state index in [0.717, 1.165) is 16.0 Å². The van der Waals surface area contributed by atoms with Gasteiger partial charge in [0.05, 0.1) is 30.3 Å². The Morgan fingerprint density at radius 2 is 1.54 bits per heavy atom. The minimum atomic E-state index is -1.42. The summed E-state index contributed by atoms with van der Waals surface area (Å²) >= 11 is 3.55. The number of methoxy groups -OCH3 is 2. The molecule has 57 heavy (non-hydrogen) atoms. The second-order valence-corrected chi connectivity index (χ2v) is 15.8. The van der Waals surface area contributed by atoms with E-state index in [1.807, 2.05) is 74.5 Å². The predicted molar refractivity (Wildman–Crippen MR) is 209 cm³/mol. The molecule has 2 amide bonds. The zero-order valence-electron chi connectivity index (χ0n) is 33.5. The highest BCUT2D eigenvalue weighted by molar-refractivity contribution is 9.10. The Labute approximate surface area is 342 Å². The fourth-order valence-corrected chi connectivity index (χ4v) is 8.04. The van der Waals surface area contributed by atoms with Gasteiger partial charge in [-0.15, -0.1) is 0 Å². The van der Waals surface area contributed by atoms with Crippen LogP contribution in [-0.2, 0) is 67.1 Å². The quantitative estimate of drug-likeness (QED) is 0.106. The van der Waals surface area contributed by atoms with Gasteiger partial charge in [-0.25, -0.2) is 9.69 Å². The summed E-state index contributed by atoms with van der Waals surface area (Å²) in [5.41, 5.74) is 0.951. The molecule has 2 aromatic carbocycles. The van der Waals surface area contributed by atoms with E-state index in [2.05, 4.69) is 15.9 Å². The third-order valence-electron chi connectivity index (χ3n) is 9.96. The Bertz CT molecular complexity index is 1750. The number of imide groups is 1. The number of ether oxygens (including phenoxy) is 8. The number of carbonyl (C=O) groups excluding carboxylic acids is 3. The van der Waals surface area contributed by atoms with Crippen LogP contribution in [-0.4, -0.2) is 104 Å². The van der Waals surface area contributed by atoms with Crippen LogP contribution < -0.4 is 0 Å². The van der Waals surface area contributed by atoms with Crippen LogP contribution in [0.3, 0.4) is 0 Å². The van der Waals surface area contributed by atoms with E-state index in [4.69, 9.17) is 42.3 Å². The van der Waals surface area contributed by atoms with Crippen molar-refractivity contribution in [2.75, 3.05) is 27.4 Å². The molecule has 5 rings (SSSR count). The number of aliphatic hydroxyl groups is 1. The van der Waals surface area contributed by atoms with Crippen molar-refractivity contribution in [3.05, 3.63) is 93.9 Å². The molecule has 15 heteroatoms. The number of carbonyl (C=O) groups is 3. The number of rotatable bonds is 19. The molecule has 0 spiro atoms. The van der Waals surface area contributed by atoms with Crippen molar-refractivity contribution >= 4 is 33.9 Å². The molecule has 8 unspecified atom stereocenters. The average molecular weight is 861 g/mol. The second-order valence-electron chi connectivity index (χ2n) is 14.9. The molecule has 0 radical (unpaired) electrons. The van der Waals surface area contributed by atoms with E-state index in [-0.39, 0.29) is 38.1 Å². The molecule has 2 fully saturated rings. The van der Waals surface area contributed by atoms with Crippen LogP contribution in [0.5, 0.6) is 0 Å². The molecule has 1 N–H and O–H groups in total. The van der Waals surface area contributed by atoms with E-state index in [0.29, 0.717) is 23.1 Å². The molecule has 3 aromatic rings. The number of nitrogens with zero attached hydrogens (tertiary/aromatic N) is 1. The van der Waals surface area contributed by atoms with E-state index >= 15 is 0 Å². The Hall–Kier alpha value is -3.67. The molecule has 0 bridgehead atoms. The first-order valence-electron chi connectivity index (χ1n) is 19.1. The number of esters is 1. The molecule has 0 aliphatic carbocycles. The monoisotopic (exact) mass is 859 g/mol. The van der Waals surface area contributed by atoms with Gasteiger partial charge in [-0.1, -0.05) is 74.5 Å². The summed E-state index contributed by atoms with van der Waals surface area (Å²) in [6, 6.07) is 20.4. The van der Waals surface area contributed by atoms with Gasteiger partial charge in [0.1, 0.15) is 41.5 Å². The van der Waals surface area contributed by atoms with E-state index in [1.54, 1.807) is 19.9 Å². The maximum Gasteiger partial charge on any atom is 0.417 e. The van der Waals surface area contributed by atoms with Crippen LogP contribution >= 0.6 is 15.9 Å². The van der Waals surface area contributed by atoms with E-state index < -0.39 is 72.5 Å². The topological polar surface area (TPSA) is 162 Å². The van der Waals surface area contributed by atoms with Gasteiger partial charge in [0.15, 0.2) is 18.5 Å². The molecule has 8 atom stereocenters. The third kappa shape index (κ3) is 10.9. The maximum absolute atomic E-state index is 14.0. The van der Waals surface area contributed by atoms with Crippen LogP contribution in [0.1, 0.15) is 69.8 Å². The van der Waals surface area contributed by atoms with Gasteiger partial charge < -0.3 is 47.4 Å². The zero-order chi connectivity index (χ0) is 41.3. The molecule has 3 heterocycles. The second kappa shape index (κ2) is 20.3. The lowest BCUT2D eigenvalue weighted by molar-refractivity contribution is -0.319. The zero-order valence-corrected chi connectivity index (χ0v) is 35.0. The van der Waals surface area contributed by atoms with Gasteiger partial charge >= 0.3 is 12.1 Å². The Morgan fingerprint density at radius 1 is 0.930 bits per heavy atom. The minimum Gasteiger partial charge on any atom is -0.461 e. The number of aryl methyl sites for hydroxylation is 1. The number of halogens is 1. The summed E-state index contributed by atoms with van der Waals surface area (Å²) in [5, 5.41) is 10.4. The molecule has 312 valence electrons. The molecule has 1 aromatic heterocycles. The number of cyclic esters (lactones) is 1. The summed E-state index contributed by atoms with van der Waals surface area (Å²) in [6.07, 6.45) is -6.46. The van der Waals surface area contributed by atoms with Crippen LogP contribution in [0.4, 0.5) is 4.79 Å². The molecular formula is C42H54BrNO13. The summed E-state index contributed by atoms with van der Waals surface area (Å²) < 4.78 is 54.8. The smallest absolute Gasteiger partial charge is 0.417 e. The van der Waals surface area contributed by atoms with E-state index in [1.165, 1.54) is 21.1 Å². The fourth-order valence-electron chi connectivity index (χ4n) is 7.53. The number of furan rings is 1. The van der Waals surface area contributed by atoms with Crippen LogP contribution in [0.25, 0.3) is 0 Å². The SMILES string of the molecule is COC1OC(CO)C(OCc2ccccc2)C(OCc2ccccc2)C1OCCCc1oc(C(OC(C)=O)C(OC)C(=O)N2C(=O)OC(C)(C)C2C(C)C)cc1Br. The highest BCUT2D eigenvalue weighted by atomic mass is 79.9. The number of amides is 2. The Balaban J connectivity index is 1.31. The fraction of sp³-hybridized carbons (Fsp3) is 0.548. The van der Waals surface area contributed by atoms with Crippen molar-refractivity contribution in [2.45, 2.75) is 115 Å². The standard InChI is InChI=1S/C42H54BrNO13/c1-25(2)38-42(4,5)57-41(48)44(38)39(47)36(49-6)34(54-26(3)46)31-21-29(43)30(55-31)19-14-20-51-37-35(53-24-28-17-12-9-13-18-28)33(32(22-45)56-40(37)50-7)52-23-27-15-10-8-11-16-27/h8-13,15-18,21,25,32-38,40,45H,14,19-20,22-24H2,1-7H3. The highest BCUT2D eigenvalue weighted by Crippen LogP contribution is 2.38. The highest BCUT2D eigenvalue weighted by Gasteiger charge is 2.55. The van der Waals surface area contributed by atoms with Crippen LogP contribution in [0.2, 0.25) is 0 Å². The number of hydrogen-bond acceptors (Lipinski definition) is 13. The molecule has 2 aliphatic rings. The van der Waals surface area contributed by atoms with Crippen molar-refractivity contribution in [2.24, 2.45) is 5.92 Å². The lowest BCUT2D eigenvalue weighted by atomic mass is 9.88. The van der Waals surface area contributed by atoms with Crippen molar-refractivity contribution < 1.29 is 61.8 Å². The summed E-state index contributed by atoms with van der Waals surface area (Å²) in [5.74, 6) is -0.895. The van der Waals surface area contributed by atoms with Gasteiger partial charge in [0.25, 0.3) is 5.91 Å². The van der Waals surface area contributed by atoms with Crippen molar-refractivity contribution in [1.29, 1.82) is 0 Å². The number of hydrogen-bond donors (Lipinski definition) is 1. The summed E-state index contributed by atoms with van der Waals surface area (Å²) in [7, 11) is 2.80. The van der Waals surface area contributed by atoms with Crippen molar-refractivity contribution in [1.82, 2.24) is 4.90 Å². The lowest BCUT2D eigenvalue weighted by Crippen LogP contribution is -2.61. The van der Waals surface area contributed by atoms with Crippen LogP contribution in [0, 0.1) is 5.92 Å². The number of aliphatic hydroxyl groups excluding tert-OH is 1. The first kappa shape index (κ1) is 44.4. The minimum absolute atomic E-state index is 0.138. The summed E-state index contributed by atoms with van der Waals surface area (Å²) in [6.45, 7) is 8.88. The average Bonchev–Trinajstić information content (AvgIpc) is 3.68. The Kier molecular flexibility index (Phi) is 15.9. The van der Waals surface area contributed by atoms with Gasteiger partial charge in [-0.2, -0.15) is 0 Å². The normalized spacial score (nSPS) is 24.3. The van der Waals surface area contributed by atoms with Gasteiger partial charge in [0, 0.05) is 34.2 Å². The predicted octanol–water partition coefficient (Wildman–Crippen LogP) is 6.30.